The summed E-state index contributed by atoms with van der Waals surface area (Å²) in [4.78, 5) is 2.19. The summed E-state index contributed by atoms with van der Waals surface area (Å²) in [6.07, 6.45) is 12.6. The van der Waals surface area contributed by atoms with Gasteiger partial charge in [0.1, 0.15) is 0 Å². The van der Waals surface area contributed by atoms with Crippen molar-refractivity contribution < 1.29 is 25.9 Å². The number of rotatable bonds is 11. The van der Waals surface area contributed by atoms with E-state index in [-0.39, 0.29) is 35.2 Å². The van der Waals surface area contributed by atoms with E-state index in [1.54, 1.807) is 0 Å². The van der Waals surface area contributed by atoms with Crippen molar-refractivity contribution in [2.75, 3.05) is 23.0 Å². The molecule has 0 bridgehead atoms. The molecule has 0 saturated carbocycles. The van der Waals surface area contributed by atoms with Crippen molar-refractivity contribution >= 4 is 59.1 Å². The van der Waals surface area contributed by atoms with Crippen molar-refractivity contribution in [2.24, 2.45) is 5.92 Å². The first-order chi connectivity index (χ1) is 26.0. The number of anilines is 1. The average molecular weight is 800 g/mol. The van der Waals surface area contributed by atoms with Crippen molar-refractivity contribution in [1.82, 2.24) is 0 Å². The van der Waals surface area contributed by atoms with E-state index in [0.717, 1.165) is 57.6 Å². The SMILES string of the molecule is CC1(C)/C(=C\C=C2/CCCC(/C=C/C3C(CCCS(=O)(=O)O)c4ccc5ccccc5c4C3(C)C)=C2Cl)N(CCCS(=O)(=O)O)c2ccc3ccccc3c21. The summed E-state index contributed by atoms with van der Waals surface area (Å²) in [5.74, 6) is -0.428. The molecule has 0 amide bonds. The van der Waals surface area contributed by atoms with Crippen LogP contribution in [0.4, 0.5) is 5.69 Å². The van der Waals surface area contributed by atoms with Gasteiger partial charge in [0, 0.05) is 28.4 Å². The third kappa shape index (κ3) is 7.83. The van der Waals surface area contributed by atoms with Gasteiger partial charge in [0.05, 0.1) is 11.5 Å². The largest absolute Gasteiger partial charge is 0.344 e. The Morgan fingerprint density at radius 1 is 0.782 bits per heavy atom. The molecule has 290 valence electrons. The molecule has 1 heterocycles. The van der Waals surface area contributed by atoms with E-state index >= 15 is 0 Å². The van der Waals surface area contributed by atoms with Crippen LogP contribution >= 0.6 is 11.6 Å². The Balaban J connectivity index is 1.24. The van der Waals surface area contributed by atoms with Gasteiger partial charge < -0.3 is 4.90 Å². The molecular formula is C45H50ClNO6S2. The van der Waals surface area contributed by atoms with Gasteiger partial charge in [-0.3, -0.25) is 9.11 Å². The molecule has 4 aromatic carbocycles. The van der Waals surface area contributed by atoms with Gasteiger partial charge in [-0.1, -0.05) is 124 Å². The Hall–Kier alpha value is -3.73. The summed E-state index contributed by atoms with van der Waals surface area (Å²) in [6, 6.07) is 25.3. The maximum absolute atomic E-state index is 11.7. The minimum absolute atomic E-state index is 0.0735. The molecule has 2 unspecified atom stereocenters. The molecule has 2 N–H and O–H groups in total. The summed E-state index contributed by atoms with van der Waals surface area (Å²) >= 11 is 7.26. The third-order valence-electron chi connectivity index (χ3n) is 12.1. The number of benzene rings is 4. The maximum atomic E-state index is 11.7. The quantitative estimate of drug-likeness (QED) is 0.145. The Labute approximate surface area is 331 Å². The van der Waals surface area contributed by atoms with E-state index in [1.165, 1.54) is 27.5 Å². The number of halogens is 1. The van der Waals surface area contributed by atoms with Crippen LogP contribution in [0.1, 0.15) is 88.8 Å². The van der Waals surface area contributed by atoms with E-state index in [1.807, 2.05) is 18.2 Å². The van der Waals surface area contributed by atoms with Gasteiger partial charge in [-0.15, -0.1) is 0 Å². The molecule has 0 saturated heterocycles. The molecule has 3 aliphatic rings. The lowest BCUT2D eigenvalue weighted by Crippen LogP contribution is -2.28. The molecule has 2 aliphatic carbocycles. The van der Waals surface area contributed by atoms with Crippen LogP contribution in [0.3, 0.4) is 0 Å². The fourth-order valence-electron chi connectivity index (χ4n) is 9.66. The van der Waals surface area contributed by atoms with Crippen LogP contribution in [-0.2, 0) is 31.1 Å². The van der Waals surface area contributed by atoms with Gasteiger partial charge in [-0.05, 0) is 117 Å². The zero-order valence-corrected chi connectivity index (χ0v) is 34.3. The van der Waals surface area contributed by atoms with Gasteiger partial charge >= 0.3 is 0 Å². The predicted molar refractivity (Wildman–Crippen MR) is 226 cm³/mol. The zero-order chi connectivity index (χ0) is 39.3. The van der Waals surface area contributed by atoms with Gasteiger partial charge in [0.15, 0.2) is 0 Å². The molecule has 2 atom stereocenters. The number of hydrogen-bond acceptors (Lipinski definition) is 5. The molecule has 0 aromatic heterocycles. The summed E-state index contributed by atoms with van der Waals surface area (Å²) in [5.41, 5.74) is 7.27. The number of hydrogen-bond donors (Lipinski definition) is 2. The smallest absolute Gasteiger partial charge is 0.264 e. The standard InChI is InChI=1S/C45H50ClNO6S2/c1-44(2)38(36(18-10-28-54(48,49)50)37-23-19-30-12-5-7-16-34(30)41(37)44)24-20-32-14-9-15-33(43(32)46)22-26-40-45(3,4)42-35-17-8-6-13-31(35)21-25-39(42)47(40)27-11-29-55(51,52)53/h5-8,12-13,16-17,19-26,36,38H,9-11,14-15,18,27-29H2,1-4H3,(H,48,49,50)(H,51,52,53)/b24-20+,33-22+,40-26+. The predicted octanol–water partition coefficient (Wildman–Crippen LogP) is 10.8. The Morgan fingerprint density at radius 3 is 2.07 bits per heavy atom. The van der Waals surface area contributed by atoms with Crippen molar-refractivity contribution in [3.63, 3.8) is 0 Å². The second-order valence-electron chi connectivity index (χ2n) is 16.4. The monoisotopic (exact) mass is 799 g/mol. The van der Waals surface area contributed by atoms with Gasteiger partial charge in [0.2, 0.25) is 0 Å². The molecule has 7 rings (SSSR count). The van der Waals surface area contributed by atoms with Crippen LogP contribution in [0.2, 0.25) is 0 Å². The van der Waals surface area contributed by atoms with Crippen molar-refractivity contribution in [3.05, 3.63) is 136 Å². The molecule has 0 radical (unpaired) electrons. The van der Waals surface area contributed by atoms with Crippen molar-refractivity contribution in [1.29, 1.82) is 0 Å². The molecule has 10 heteroatoms. The fourth-order valence-corrected chi connectivity index (χ4v) is 11.0. The van der Waals surface area contributed by atoms with E-state index < -0.39 is 25.7 Å². The van der Waals surface area contributed by atoms with E-state index in [2.05, 4.69) is 111 Å². The Kier molecular flexibility index (Phi) is 10.8. The minimum Gasteiger partial charge on any atom is -0.344 e. The van der Waals surface area contributed by atoms with Crippen LogP contribution in [-0.4, -0.2) is 44.0 Å². The topological polar surface area (TPSA) is 112 Å². The van der Waals surface area contributed by atoms with Crippen LogP contribution < -0.4 is 4.90 Å². The summed E-state index contributed by atoms with van der Waals surface area (Å²) in [5, 5.41) is 5.42. The molecule has 1 aliphatic heterocycles. The summed E-state index contributed by atoms with van der Waals surface area (Å²) < 4.78 is 65.8. The molecule has 4 aromatic rings. The Bertz CT molecular complexity index is 2510. The lowest BCUT2D eigenvalue weighted by atomic mass is 9.73. The van der Waals surface area contributed by atoms with Crippen LogP contribution in [0.25, 0.3) is 21.5 Å². The lowest BCUT2D eigenvalue weighted by Gasteiger charge is -2.30. The highest BCUT2D eigenvalue weighted by Crippen LogP contribution is 2.55. The normalized spacial score (nSPS) is 22.4. The maximum Gasteiger partial charge on any atom is 0.264 e. The zero-order valence-electron chi connectivity index (χ0n) is 31.9. The molecule has 0 fully saturated rings. The average Bonchev–Trinajstić information content (AvgIpc) is 3.47. The van der Waals surface area contributed by atoms with E-state index in [9.17, 15) is 25.9 Å². The fraction of sp³-hybridized carbons (Fsp3) is 0.378. The number of nitrogens with zero attached hydrogens (tertiary/aromatic N) is 1. The summed E-state index contributed by atoms with van der Waals surface area (Å²) in [7, 11) is -8.16. The van der Waals surface area contributed by atoms with Crippen molar-refractivity contribution in [2.45, 2.75) is 83.0 Å². The van der Waals surface area contributed by atoms with Crippen LogP contribution in [0, 0.1) is 5.92 Å². The van der Waals surface area contributed by atoms with Crippen LogP contribution in [0.5, 0.6) is 0 Å². The third-order valence-corrected chi connectivity index (χ3v) is 14.2. The highest BCUT2D eigenvalue weighted by atomic mass is 35.5. The van der Waals surface area contributed by atoms with Crippen LogP contribution in [0.15, 0.2) is 119 Å². The molecule has 55 heavy (non-hydrogen) atoms. The first kappa shape index (κ1) is 39.5. The highest BCUT2D eigenvalue weighted by molar-refractivity contribution is 7.86. The molecular weight excluding hydrogens is 750 g/mol. The highest BCUT2D eigenvalue weighted by Gasteiger charge is 2.46. The molecule has 7 nitrogen and oxygen atoms in total. The van der Waals surface area contributed by atoms with E-state index in [0.29, 0.717) is 19.4 Å². The first-order valence-electron chi connectivity index (χ1n) is 19.2. The second-order valence-corrected chi connectivity index (χ2v) is 19.9. The van der Waals surface area contributed by atoms with E-state index in [4.69, 9.17) is 11.6 Å². The first-order valence-corrected chi connectivity index (χ1v) is 22.8. The van der Waals surface area contributed by atoms with Gasteiger partial charge in [-0.25, -0.2) is 0 Å². The van der Waals surface area contributed by atoms with Crippen molar-refractivity contribution in [3.8, 4) is 0 Å². The second kappa shape index (κ2) is 15.0. The number of allylic oxidation sites excluding steroid dienone is 8. The minimum atomic E-state index is -4.10. The molecule has 0 spiro atoms. The summed E-state index contributed by atoms with van der Waals surface area (Å²) in [6.45, 7) is 9.39. The van der Waals surface area contributed by atoms with Gasteiger partial charge in [0.25, 0.3) is 20.2 Å². The Morgan fingerprint density at radius 2 is 1.40 bits per heavy atom. The number of fused-ring (bicyclic) bond motifs is 6. The lowest BCUT2D eigenvalue weighted by molar-refractivity contribution is 0.356. The van der Waals surface area contributed by atoms with Gasteiger partial charge in [-0.2, -0.15) is 16.8 Å².